The molecule has 8 heteroatoms. The molecule has 1 aromatic heterocycles. The summed E-state index contributed by atoms with van der Waals surface area (Å²) in [6.45, 7) is -0.0190. The van der Waals surface area contributed by atoms with Crippen LogP contribution >= 0.6 is 0 Å². The van der Waals surface area contributed by atoms with Crippen LogP contribution in [-0.2, 0) is 11.3 Å². The van der Waals surface area contributed by atoms with Gasteiger partial charge in [0.15, 0.2) is 11.6 Å². The lowest BCUT2D eigenvalue weighted by Gasteiger charge is -2.02. The first-order valence-corrected chi connectivity index (χ1v) is 7.11. The summed E-state index contributed by atoms with van der Waals surface area (Å²) in [4.78, 5) is 11.9. The fourth-order valence-electron chi connectivity index (χ4n) is 2.15. The molecule has 0 radical (unpaired) electrons. The van der Waals surface area contributed by atoms with Gasteiger partial charge in [-0.25, -0.2) is 14.5 Å². The summed E-state index contributed by atoms with van der Waals surface area (Å²) in [7, 11) is 1.39. The van der Waals surface area contributed by atoms with Gasteiger partial charge in [0.05, 0.1) is 18.8 Å². The van der Waals surface area contributed by atoms with Gasteiger partial charge in [-0.05, 0) is 35.9 Å². The molecule has 0 spiro atoms. The van der Waals surface area contributed by atoms with Crippen molar-refractivity contribution in [1.82, 2.24) is 20.4 Å². The number of methoxy groups -OCH3 is 1. The molecule has 24 heavy (non-hydrogen) atoms. The minimum atomic E-state index is -0.498. The molecule has 0 unspecified atom stereocenters. The molecule has 0 bridgehead atoms. The Labute approximate surface area is 136 Å². The molecule has 0 aliphatic carbocycles. The second-order valence-corrected chi connectivity index (χ2v) is 4.92. The van der Waals surface area contributed by atoms with Gasteiger partial charge in [-0.3, -0.25) is 4.79 Å². The number of hydrogen-bond donors (Lipinski definition) is 1. The summed E-state index contributed by atoms with van der Waals surface area (Å²) in [5.74, 6) is -0.716. The van der Waals surface area contributed by atoms with Crippen LogP contribution in [-0.4, -0.2) is 34.2 Å². The number of halogens is 1. The maximum atomic E-state index is 13.5. The predicted octanol–water partition coefficient (Wildman–Crippen LogP) is 1.73. The summed E-state index contributed by atoms with van der Waals surface area (Å²) < 4.78 is 19.9. The molecule has 0 aliphatic heterocycles. The quantitative estimate of drug-likeness (QED) is 0.571. The number of ether oxygens (including phenoxy) is 1. The molecule has 3 aromatic rings. The van der Waals surface area contributed by atoms with Crippen molar-refractivity contribution in [1.29, 1.82) is 0 Å². The summed E-state index contributed by atoms with van der Waals surface area (Å²) in [6.07, 6.45) is 1.35. The van der Waals surface area contributed by atoms with E-state index < -0.39 is 5.82 Å². The maximum absolute atomic E-state index is 13.5. The molecule has 1 N–H and O–H groups in total. The Morgan fingerprint density at radius 3 is 3.00 bits per heavy atom. The summed E-state index contributed by atoms with van der Waals surface area (Å²) >= 11 is 0. The van der Waals surface area contributed by atoms with Crippen LogP contribution in [0.15, 0.2) is 47.6 Å². The fraction of sp³-hybridized carbons (Fsp3) is 0.125. The van der Waals surface area contributed by atoms with Crippen molar-refractivity contribution in [3.63, 3.8) is 0 Å². The van der Waals surface area contributed by atoms with E-state index in [0.29, 0.717) is 11.1 Å². The van der Waals surface area contributed by atoms with Crippen molar-refractivity contribution in [2.24, 2.45) is 5.10 Å². The van der Waals surface area contributed by atoms with Crippen LogP contribution in [0.2, 0.25) is 0 Å². The number of fused-ring (bicyclic) bond motifs is 1. The van der Waals surface area contributed by atoms with Crippen LogP contribution < -0.4 is 10.2 Å². The van der Waals surface area contributed by atoms with Gasteiger partial charge in [-0.1, -0.05) is 17.3 Å². The molecule has 2 aromatic carbocycles. The Balaban J connectivity index is 1.62. The monoisotopic (exact) mass is 327 g/mol. The standard InChI is InChI=1S/C16H14FN5O2/c1-24-15-7-6-11(8-12(15)17)9-18-20-16(23)10-22-14-5-3-2-4-13(14)19-21-22/h2-9H,10H2,1H3,(H,20,23)/b18-9-. The molecule has 7 nitrogen and oxygen atoms in total. The highest BCUT2D eigenvalue weighted by Gasteiger charge is 2.07. The molecular formula is C16H14FN5O2. The van der Waals surface area contributed by atoms with E-state index in [1.807, 2.05) is 24.3 Å². The van der Waals surface area contributed by atoms with Gasteiger partial charge in [0.1, 0.15) is 12.1 Å². The molecule has 122 valence electrons. The van der Waals surface area contributed by atoms with Crippen molar-refractivity contribution in [3.05, 3.63) is 53.8 Å². The van der Waals surface area contributed by atoms with Crippen molar-refractivity contribution < 1.29 is 13.9 Å². The summed E-state index contributed by atoms with van der Waals surface area (Å²) in [5.41, 5.74) is 4.34. The summed E-state index contributed by atoms with van der Waals surface area (Å²) in [6, 6.07) is 11.7. The van der Waals surface area contributed by atoms with E-state index in [-0.39, 0.29) is 18.2 Å². The highest BCUT2D eigenvalue weighted by atomic mass is 19.1. The van der Waals surface area contributed by atoms with E-state index in [0.717, 1.165) is 5.52 Å². The smallest absolute Gasteiger partial charge is 0.261 e. The third-order valence-electron chi connectivity index (χ3n) is 3.29. The maximum Gasteiger partial charge on any atom is 0.261 e. The van der Waals surface area contributed by atoms with Crippen LogP contribution in [0, 0.1) is 5.82 Å². The molecule has 0 saturated heterocycles. The largest absolute Gasteiger partial charge is 0.494 e. The summed E-state index contributed by atoms with van der Waals surface area (Å²) in [5, 5.41) is 11.7. The van der Waals surface area contributed by atoms with Gasteiger partial charge in [-0.15, -0.1) is 5.10 Å². The molecule has 0 aliphatic rings. The number of rotatable bonds is 5. The average Bonchev–Trinajstić information content (AvgIpc) is 2.98. The molecule has 1 amide bonds. The van der Waals surface area contributed by atoms with Crippen molar-refractivity contribution >= 4 is 23.2 Å². The lowest BCUT2D eigenvalue weighted by atomic mass is 10.2. The van der Waals surface area contributed by atoms with Crippen LogP contribution in [0.3, 0.4) is 0 Å². The van der Waals surface area contributed by atoms with E-state index in [4.69, 9.17) is 4.74 Å². The minimum Gasteiger partial charge on any atom is -0.494 e. The predicted molar refractivity (Wildman–Crippen MR) is 86.2 cm³/mol. The van der Waals surface area contributed by atoms with E-state index in [1.165, 1.54) is 30.1 Å². The lowest BCUT2D eigenvalue weighted by molar-refractivity contribution is -0.121. The number of nitrogens with one attached hydrogen (secondary N) is 1. The lowest BCUT2D eigenvalue weighted by Crippen LogP contribution is -2.23. The molecule has 0 fully saturated rings. The zero-order chi connectivity index (χ0) is 16.9. The Morgan fingerprint density at radius 2 is 2.21 bits per heavy atom. The molecule has 1 heterocycles. The number of aromatic nitrogens is 3. The van der Waals surface area contributed by atoms with Gasteiger partial charge >= 0.3 is 0 Å². The average molecular weight is 327 g/mol. The fourth-order valence-corrected chi connectivity index (χ4v) is 2.15. The molecular weight excluding hydrogens is 313 g/mol. The number of hydrogen-bond acceptors (Lipinski definition) is 5. The minimum absolute atomic E-state index is 0.0190. The van der Waals surface area contributed by atoms with Crippen LogP contribution in [0.25, 0.3) is 11.0 Å². The topological polar surface area (TPSA) is 81.4 Å². The molecule has 0 atom stereocenters. The first-order chi connectivity index (χ1) is 11.7. The zero-order valence-electron chi connectivity index (χ0n) is 12.8. The normalized spacial score (nSPS) is 11.1. The third-order valence-corrected chi connectivity index (χ3v) is 3.29. The Bertz CT molecular complexity index is 906. The van der Waals surface area contributed by atoms with Crippen LogP contribution in [0.1, 0.15) is 5.56 Å². The third kappa shape index (κ3) is 3.37. The van der Waals surface area contributed by atoms with E-state index in [1.54, 1.807) is 6.07 Å². The van der Waals surface area contributed by atoms with Crippen LogP contribution in [0.4, 0.5) is 4.39 Å². The number of para-hydroxylation sites is 1. The number of carbonyl (C=O) groups excluding carboxylic acids is 1. The number of benzene rings is 2. The van der Waals surface area contributed by atoms with Gasteiger partial charge in [0.25, 0.3) is 5.91 Å². The highest BCUT2D eigenvalue weighted by Crippen LogP contribution is 2.16. The Kier molecular flexibility index (Phi) is 4.46. The van der Waals surface area contributed by atoms with Gasteiger partial charge in [0.2, 0.25) is 0 Å². The molecule has 3 rings (SSSR count). The first kappa shape index (κ1) is 15.6. The van der Waals surface area contributed by atoms with Crippen molar-refractivity contribution in [2.45, 2.75) is 6.54 Å². The number of amides is 1. The van der Waals surface area contributed by atoms with E-state index in [9.17, 15) is 9.18 Å². The van der Waals surface area contributed by atoms with Gasteiger partial charge in [0, 0.05) is 0 Å². The van der Waals surface area contributed by atoms with Gasteiger partial charge < -0.3 is 4.74 Å². The van der Waals surface area contributed by atoms with E-state index in [2.05, 4.69) is 20.8 Å². The van der Waals surface area contributed by atoms with Crippen LogP contribution in [0.5, 0.6) is 5.75 Å². The number of carbonyl (C=O) groups is 1. The number of hydrazone groups is 1. The highest BCUT2D eigenvalue weighted by molar-refractivity contribution is 5.83. The van der Waals surface area contributed by atoms with E-state index >= 15 is 0 Å². The second-order valence-electron chi connectivity index (χ2n) is 4.92. The zero-order valence-corrected chi connectivity index (χ0v) is 12.8. The van der Waals surface area contributed by atoms with Gasteiger partial charge in [-0.2, -0.15) is 5.10 Å². The Hall–Kier alpha value is -3.29. The van der Waals surface area contributed by atoms with Crippen molar-refractivity contribution in [3.8, 4) is 5.75 Å². The number of nitrogens with zero attached hydrogens (tertiary/aromatic N) is 4. The Morgan fingerprint density at radius 1 is 1.38 bits per heavy atom. The molecule has 0 saturated carbocycles. The first-order valence-electron chi connectivity index (χ1n) is 7.11. The second kappa shape index (κ2) is 6.86. The van der Waals surface area contributed by atoms with Crippen molar-refractivity contribution in [2.75, 3.05) is 7.11 Å². The SMILES string of the molecule is COc1ccc(/C=N\NC(=O)Cn2nnc3ccccc32)cc1F.